The molecule has 1 N–H and O–H groups in total. The van der Waals surface area contributed by atoms with Crippen molar-refractivity contribution in [1.82, 2.24) is 0 Å². The van der Waals surface area contributed by atoms with Crippen molar-refractivity contribution < 1.29 is 4.79 Å². The highest BCUT2D eigenvalue weighted by Crippen LogP contribution is 2.34. The van der Waals surface area contributed by atoms with Crippen molar-refractivity contribution in [2.24, 2.45) is 5.92 Å². The number of Topliss-reactive ketones (excluding diaryl/α,β-unsaturated/α-hetero) is 1. The molecule has 3 rings (SSSR count). The smallest absolute Gasteiger partial charge is 0.132 e. The van der Waals surface area contributed by atoms with Crippen molar-refractivity contribution in [2.75, 3.05) is 5.32 Å². The second-order valence-electron chi connectivity index (χ2n) is 5.47. The first kappa shape index (κ1) is 12.2. The van der Waals surface area contributed by atoms with Gasteiger partial charge in [0, 0.05) is 29.0 Å². The van der Waals surface area contributed by atoms with Crippen molar-refractivity contribution in [3.05, 3.63) is 28.2 Å². The van der Waals surface area contributed by atoms with E-state index < -0.39 is 0 Å². The normalized spacial score (nSPS) is 24.5. The van der Waals surface area contributed by atoms with Crippen molar-refractivity contribution in [3.63, 3.8) is 0 Å². The van der Waals surface area contributed by atoms with Gasteiger partial charge in [-0.05, 0) is 55.4 Å². The van der Waals surface area contributed by atoms with E-state index in [1.165, 1.54) is 17.7 Å². The first-order chi connectivity index (χ1) is 8.72. The van der Waals surface area contributed by atoms with Gasteiger partial charge in [0.05, 0.1) is 0 Å². The Hall–Kier alpha value is -0.830. The lowest BCUT2D eigenvalue weighted by atomic mass is 9.79. The van der Waals surface area contributed by atoms with Crippen molar-refractivity contribution in [1.29, 1.82) is 0 Å². The molecule has 1 aliphatic carbocycles. The Labute approximate surface area is 116 Å². The van der Waals surface area contributed by atoms with Crippen LogP contribution < -0.4 is 5.32 Å². The summed E-state index contributed by atoms with van der Waals surface area (Å²) in [4.78, 5) is 11.3. The number of aryl methyl sites for hydroxylation is 1. The van der Waals surface area contributed by atoms with Gasteiger partial charge in [-0.3, -0.25) is 4.79 Å². The van der Waals surface area contributed by atoms with Crippen LogP contribution >= 0.6 is 15.9 Å². The molecular weight excluding hydrogens is 290 g/mol. The molecule has 1 aromatic rings. The molecule has 3 heteroatoms. The highest BCUT2D eigenvalue weighted by molar-refractivity contribution is 9.10. The Morgan fingerprint density at radius 2 is 1.89 bits per heavy atom. The molecule has 0 aromatic heterocycles. The predicted molar refractivity (Wildman–Crippen MR) is 76.8 cm³/mol. The molecule has 0 amide bonds. The van der Waals surface area contributed by atoms with Crippen LogP contribution in [0.15, 0.2) is 22.7 Å². The Kier molecular flexibility index (Phi) is 3.42. The minimum atomic E-state index is 0.450. The van der Waals surface area contributed by atoms with Gasteiger partial charge in [0.2, 0.25) is 0 Å². The number of fused-ring (bicyclic) bond motifs is 1. The quantitative estimate of drug-likeness (QED) is 0.851. The average molecular weight is 308 g/mol. The third-order valence-corrected chi connectivity index (χ3v) is 4.78. The third-order valence-electron chi connectivity index (χ3n) is 4.29. The van der Waals surface area contributed by atoms with Crippen LogP contribution in [0.1, 0.15) is 37.7 Å². The zero-order valence-electron chi connectivity index (χ0n) is 10.4. The molecule has 1 unspecified atom stereocenters. The van der Waals surface area contributed by atoms with E-state index in [4.69, 9.17) is 0 Å². The monoisotopic (exact) mass is 307 g/mol. The van der Waals surface area contributed by atoms with Crippen LogP contribution in [0.25, 0.3) is 0 Å². The average Bonchev–Trinajstić information content (AvgIpc) is 2.39. The molecule has 1 aliphatic heterocycles. The maximum absolute atomic E-state index is 11.3. The largest absolute Gasteiger partial charge is 0.382 e. The van der Waals surface area contributed by atoms with E-state index in [0.29, 0.717) is 17.7 Å². The zero-order valence-corrected chi connectivity index (χ0v) is 12.0. The molecule has 1 atom stereocenters. The zero-order chi connectivity index (χ0) is 12.5. The Balaban J connectivity index is 1.71. The Morgan fingerprint density at radius 3 is 2.67 bits per heavy atom. The summed E-state index contributed by atoms with van der Waals surface area (Å²) in [6.45, 7) is 0. The van der Waals surface area contributed by atoms with Gasteiger partial charge >= 0.3 is 0 Å². The number of carbonyl (C=O) groups excluding carboxylic acids is 1. The van der Waals surface area contributed by atoms with Crippen LogP contribution in [0.5, 0.6) is 0 Å². The number of hydrogen-bond acceptors (Lipinski definition) is 2. The van der Waals surface area contributed by atoms with Crippen LogP contribution in [0, 0.1) is 5.92 Å². The molecular formula is C15H18BrNO. The van der Waals surface area contributed by atoms with Crippen molar-refractivity contribution >= 4 is 27.4 Å². The van der Waals surface area contributed by atoms with Crippen LogP contribution in [0.3, 0.4) is 0 Å². The molecule has 0 spiro atoms. The van der Waals surface area contributed by atoms with Gasteiger partial charge in [0.15, 0.2) is 0 Å². The number of halogens is 1. The van der Waals surface area contributed by atoms with Crippen molar-refractivity contribution in [3.8, 4) is 0 Å². The maximum atomic E-state index is 11.3. The summed E-state index contributed by atoms with van der Waals surface area (Å²) >= 11 is 3.52. The fraction of sp³-hybridized carbons (Fsp3) is 0.533. The van der Waals surface area contributed by atoms with Crippen molar-refractivity contribution in [2.45, 2.75) is 44.6 Å². The number of benzene rings is 1. The maximum Gasteiger partial charge on any atom is 0.132 e. The van der Waals surface area contributed by atoms with Gasteiger partial charge in [-0.1, -0.05) is 15.9 Å². The number of nitrogens with one attached hydrogen (secondary N) is 1. The van der Waals surface area contributed by atoms with E-state index in [1.807, 2.05) is 0 Å². The number of rotatable bonds is 1. The van der Waals surface area contributed by atoms with Gasteiger partial charge in [-0.2, -0.15) is 0 Å². The van der Waals surface area contributed by atoms with Crippen LogP contribution in [0.4, 0.5) is 5.69 Å². The van der Waals surface area contributed by atoms with Gasteiger partial charge in [-0.25, -0.2) is 0 Å². The van der Waals surface area contributed by atoms with E-state index in [2.05, 4.69) is 39.4 Å². The van der Waals surface area contributed by atoms with E-state index in [9.17, 15) is 4.79 Å². The summed E-state index contributed by atoms with van der Waals surface area (Å²) in [5, 5.41) is 3.68. The molecule has 96 valence electrons. The molecule has 1 heterocycles. The fourth-order valence-electron chi connectivity index (χ4n) is 3.21. The lowest BCUT2D eigenvalue weighted by Gasteiger charge is -2.35. The predicted octanol–water partition coefficient (Wildman–Crippen LogP) is 3.94. The molecule has 1 saturated carbocycles. The van der Waals surface area contributed by atoms with E-state index in [0.717, 1.165) is 36.6 Å². The van der Waals surface area contributed by atoms with Gasteiger partial charge in [-0.15, -0.1) is 0 Å². The molecule has 1 aromatic carbocycles. The summed E-state index contributed by atoms with van der Waals surface area (Å²) in [7, 11) is 0. The molecule has 0 saturated heterocycles. The molecule has 2 nitrogen and oxygen atoms in total. The summed E-state index contributed by atoms with van der Waals surface area (Å²) in [5.74, 6) is 1.13. The second-order valence-corrected chi connectivity index (χ2v) is 6.38. The number of ketones is 1. The fourth-order valence-corrected chi connectivity index (χ4v) is 3.62. The minimum absolute atomic E-state index is 0.450. The lowest BCUT2D eigenvalue weighted by Crippen LogP contribution is -2.35. The summed E-state index contributed by atoms with van der Waals surface area (Å²) in [6.07, 6.45) is 6.07. The Bertz CT molecular complexity index is 462. The van der Waals surface area contributed by atoms with Gasteiger partial charge in [0.1, 0.15) is 5.78 Å². The Morgan fingerprint density at radius 1 is 1.11 bits per heavy atom. The van der Waals surface area contributed by atoms with Gasteiger partial charge in [0.25, 0.3) is 0 Å². The first-order valence-electron chi connectivity index (χ1n) is 6.79. The first-order valence-corrected chi connectivity index (χ1v) is 7.58. The van der Waals surface area contributed by atoms with E-state index in [-0.39, 0.29) is 0 Å². The molecule has 0 bridgehead atoms. The minimum Gasteiger partial charge on any atom is -0.382 e. The number of carbonyl (C=O) groups is 1. The second kappa shape index (κ2) is 5.04. The van der Waals surface area contributed by atoms with Crippen LogP contribution in [-0.4, -0.2) is 11.8 Å². The highest BCUT2D eigenvalue weighted by atomic mass is 79.9. The summed E-state index contributed by atoms with van der Waals surface area (Å²) < 4.78 is 1.16. The SMILES string of the molecule is O=C1CCC(C2CCc3cc(Br)ccc3N2)CC1. The molecule has 0 radical (unpaired) electrons. The number of hydrogen-bond donors (Lipinski definition) is 1. The van der Waals surface area contributed by atoms with E-state index in [1.54, 1.807) is 0 Å². The van der Waals surface area contributed by atoms with Crippen LogP contribution in [0.2, 0.25) is 0 Å². The number of anilines is 1. The molecule has 18 heavy (non-hydrogen) atoms. The summed E-state index contributed by atoms with van der Waals surface area (Å²) in [6, 6.07) is 7.04. The molecule has 2 aliphatic rings. The van der Waals surface area contributed by atoms with Crippen LogP contribution in [-0.2, 0) is 11.2 Å². The summed E-state index contributed by atoms with van der Waals surface area (Å²) in [5.41, 5.74) is 2.69. The van der Waals surface area contributed by atoms with E-state index >= 15 is 0 Å². The standard InChI is InChI=1S/C15H18BrNO/c16-12-4-8-15-11(9-12)3-7-14(17-15)10-1-5-13(18)6-2-10/h4,8-10,14,17H,1-3,5-7H2. The van der Waals surface area contributed by atoms with Gasteiger partial charge < -0.3 is 5.32 Å². The topological polar surface area (TPSA) is 29.1 Å². The highest BCUT2D eigenvalue weighted by Gasteiger charge is 2.28. The lowest BCUT2D eigenvalue weighted by molar-refractivity contribution is -0.121. The molecule has 1 fully saturated rings. The third kappa shape index (κ3) is 2.46.